The van der Waals surface area contributed by atoms with Crippen LogP contribution in [0.15, 0.2) is 67.0 Å². The fourth-order valence-corrected chi connectivity index (χ4v) is 2.64. The number of nitrogens with zero attached hydrogens (tertiary/aromatic N) is 4. The van der Waals surface area contributed by atoms with Gasteiger partial charge in [-0.2, -0.15) is 14.6 Å². The highest BCUT2D eigenvalue weighted by Gasteiger charge is 2.09. The molecule has 6 heteroatoms. The van der Waals surface area contributed by atoms with Crippen LogP contribution < -0.4 is 10.1 Å². The van der Waals surface area contributed by atoms with E-state index in [0.29, 0.717) is 12.3 Å². The molecule has 0 fully saturated rings. The van der Waals surface area contributed by atoms with E-state index in [1.54, 1.807) is 11.6 Å². The number of anilines is 1. The summed E-state index contributed by atoms with van der Waals surface area (Å²) >= 11 is 0. The van der Waals surface area contributed by atoms with Crippen molar-refractivity contribution in [3.8, 4) is 17.0 Å². The number of rotatable bonds is 5. The van der Waals surface area contributed by atoms with Crippen molar-refractivity contribution >= 4 is 11.6 Å². The van der Waals surface area contributed by atoms with Crippen molar-refractivity contribution in [2.75, 3.05) is 12.4 Å². The Hall–Kier alpha value is -3.41. The summed E-state index contributed by atoms with van der Waals surface area (Å²) in [6.45, 7) is 0.696. The molecule has 2 aromatic carbocycles. The van der Waals surface area contributed by atoms with Gasteiger partial charge in [-0.15, -0.1) is 0 Å². The molecule has 0 bridgehead atoms. The molecule has 2 heterocycles. The second-order valence-electron chi connectivity index (χ2n) is 5.57. The molecule has 1 N–H and O–H groups in total. The standard InChI is InChI=1S/C19H17N5O/c1-25-16-9-7-15(8-10-16)17-11-18(24-19(23-17)21-13-22-24)20-12-14-5-3-2-4-6-14/h2-11,13,20H,12H2,1H3. The fraction of sp³-hybridized carbons (Fsp3) is 0.105. The first-order valence-corrected chi connectivity index (χ1v) is 7.96. The summed E-state index contributed by atoms with van der Waals surface area (Å²) in [6, 6.07) is 20.0. The number of benzene rings is 2. The van der Waals surface area contributed by atoms with Gasteiger partial charge in [0.2, 0.25) is 0 Å². The summed E-state index contributed by atoms with van der Waals surface area (Å²) in [5.74, 6) is 2.22. The van der Waals surface area contributed by atoms with E-state index in [-0.39, 0.29) is 0 Å². The summed E-state index contributed by atoms with van der Waals surface area (Å²) in [6.07, 6.45) is 1.51. The monoisotopic (exact) mass is 331 g/mol. The van der Waals surface area contributed by atoms with Crippen LogP contribution in [0.2, 0.25) is 0 Å². The van der Waals surface area contributed by atoms with E-state index < -0.39 is 0 Å². The molecular weight excluding hydrogens is 314 g/mol. The lowest BCUT2D eigenvalue weighted by Gasteiger charge is -2.10. The number of hydrogen-bond donors (Lipinski definition) is 1. The SMILES string of the molecule is COc1ccc(-c2cc(NCc3ccccc3)n3ncnc3n2)cc1. The summed E-state index contributed by atoms with van der Waals surface area (Å²) in [4.78, 5) is 8.82. The molecule has 6 nitrogen and oxygen atoms in total. The van der Waals surface area contributed by atoms with E-state index in [2.05, 4.69) is 32.5 Å². The first kappa shape index (κ1) is 15.1. The van der Waals surface area contributed by atoms with Crippen LogP contribution in [0.5, 0.6) is 5.75 Å². The Morgan fingerprint density at radius 1 is 1.04 bits per heavy atom. The predicted octanol–water partition coefficient (Wildman–Crippen LogP) is 3.41. The number of ether oxygens (including phenoxy) is 1. The van der Waals surface area contributed by atoms with E-state index in [4.69, 9.17) is 4.74 Å². The van der Waals surface area contributed by atoms with E-state index in [1.807, 2.05) is 48.5 Å². The third-order valence-corrected chi connectivity index (χ3v) is 3.95. The Bertz CT molecular complexity index is 980. The molecule has 4 aromatic rings. The first-order chi connectivity index (χ1) is 12.3. The fourth-order valence-electron chi connectivity index (χ4n) is 2.64. The molecule has 4 rings (SSSR count). The molecule has 0 spiro atoms. The van der Waals surface area contributed by atoms with Crippen LogP contribution in [-0.4, -0.2) is 26.7 Å². The Balaban J connectivity index is 1.69. The molecule has 124 valence electrons. The molecule has 25 heavy (non-hydrogen) atoms. The largest absolute Gasteiger partial charge is 0.497 e. The maximum atomic E-state index is 5.21. The zero-order valence-corrected chi connectivity index (χ0v) is 13.8. The Kier molecular flexibility index (Phi) is 4.00. The smallest absolute Gasteiger partial charge is 0.254 e. The Labute approximate surface area is 145 Å². The third kappa shape index (κ3) is 3.14. The van der Waals surface area contributed by atoms with Gasteiger partial charge in [-0.25, -0.2) is 4.98 Å². The van der Waals surface area contributed by atoms with Gasteiger partial charge in [0.05, 0.1) is 12.8 Å². The van der Waals surface area contributed by atoms with Crippen molar-refractivity contribution in [2.45, 2.75) is 6.54 Å². The molecule has 0 aliphatic carbocycles. The highest BCUT2D eigenvalue weighted by Crippen LogP contribution is 2.24. The van der Waals surface area contributed by atoms with Crippen molar-refractivity contribution in [3.05, 3.63) is 72.6 Å². The van der Waals surface area contributed by atoms with Crippen LogP contribution in [-0.2, 0) is 6.54 Å². The second kappa shape index (κ2) is 6.60. The summed E-state index contributed by atoms with van der Waals surface area (Å²) in [5.41, 5.74) is 3.02. The lowest BCUT2D eigenvalue weighted by atomic mass is 10.1. The summed E-state index contributed by atoms with van der Waals surface area (Å²) < 4.78 is 6.92. The molecule has 0 aliphatic heterocycles. The lowest BCUT2D eigenvalue weighted by Crippen LogP contribution is -2.06. The third-order valence-electron chi connectivity index (χ3n) is 3.95. The quantitative estimate of drug-likeness (QED) is 0.607. The molecule has 0 atom stereocenters. The van der Waals surface area contributed by atoms with Crippen LogP contribution in [0, 0.1) is 0 Å². The molecule has 2 aromatic heterocycles. The number of nitrogens with one attached hydrogen (secondary N) is 1. The minimum Gasteiger partial charge on any atom is -0.497 e. The lowest BCUT2D eigenvalue weighted by molar-refractivity contribution is 0.415. The zero-order chi connectivity index (χ0) is 17.1. The zero-order valence-electron chi connectivity index (χ0n) is 13.8. The van der Waals surface area contributed by atoms with Gasteiger partial charge in [-0.3, -0.25) is 0 Å². The van der Waals surface area contributed by atoms with Crippen molar-refractivity contribution in [1.82, 2.24) is 19.6 Å². The topological polar surface area (TPSA) is 64.3 Å². The predicted molar refractivity (Wildman–Crippen MR) is 96.5 cm³/mol. The summed E-state index contributed by atoms with van der Waals surface area (Å²) in [7, 11) is 1.65. The maximum Gasteiger partial charge on any atom is 0.254 e. The molecule has 0 aliphatic rings. The van der Waals surface area contributed by atoms with E-state index in [1.165, 1.54) is 11.9 Å². The van der Waals surface area contributed by atoms with Gasteiger partial charge in [0.25, 0.3) is 5.78 Å². The van der Waals surface area contributed by atoms with Gasteiger partial charge in [-0.05, 0) is 29.8 Å². The molecule has 0 saturated carbocycles. The maximum absolute atomic E-state index is 5.21. The van der Waals surface area contributed by atoms with Gasteiger partial charge >= 0.3 is 0 Å². The van der Waals surface area contributed by atoms with Crippen LogP contribution in [0.4, 0.5) is 5.82 Å². The minimum atomic E-state index is 0.559. The van der Waals surface area contributed by atoms with Crippen molar-refractivity contribution in [2.24, 2.45) is 0 Å². The van der Waals surface area contributed by atoms with E-state index in [0.717, 1.165) is 22.8 Å². The highest BCUT2D eigenvalue weighted by molar-refractivity contribution is 5.66. The van der Waals surface area contributed by atoms with Gasteiger partial charge in [0, 0.05) is 18.2 Å². The highest BCUT2D eigenvalue weighted by atomic mass is 16.5. The van der Waals surface area contributed by atoms with Crippen LogP contribution in [0.1, 0.15) is 5.56 Å². The second-order valence-corrected chi connectivity index (χ2v) is 5.57. The van der Waals surface area contributed by atoms with Crippen molar-refractivity contribution in [3.63, 3.8) is 0 Å². The first-order valence-electron chi connectivity index (χ1n) is 7.96. The number of methoxy groups -OCH3 is 1. The molecule has 0 radical (unpaired) electrons. The van der Waals surface area contributed by atoms with Gasteiger partial charge in [0.15, 0.2) is 0 Å². The Morgan fingerprint density at radius 2 is 1.84 bits per heavy atom. The number of aromatic nitrogens is 4. The van der Waals surface area contributed by atoms with Crippen molar-refractivity contribution in [1.29, 1.82) is 0 Å². The number of hydrogen-bond acceptors (Lipinski definition) is 5. The number of fused-ring (bicyclic) bond motifs is 1. The average molecular weight is 331 g/mol. The minimum absolute atomic E-state index is 0.559. The van der Waals surface area contributed by atoms with E-state index in [9.17, 15) is 0 Å². The van der Waals surface area contributed by atoms with Crippen LogP contribution in [0.25, 0.3) is 17.0 Å². The van der Waals surface area contributed by atoms with Crippen molar-refractivity contribution < 1.29 is 4.74 Å². The van der Waals surface area contributed by atoms with Crippen LogP contribution >= 0.6 is 0 Å². The van der Waals surface area contributed by atoms with Gasteiger partial charge < -0.3 is 10.1 Å². The molecule has 0 saturated heterocycles. The molecular formula is C19H17N5O. The molecule has 0 amide bonds. The summed E-state index contributed by atoms with van der Waals surface area (Å²) in [5, 5.41) is 7.67. The Morgan fingerprint density at radius 3 is 2.60 bits per heavy atom. The molecule has 0 unspecified atom stereocenters. The van der Waals surface area contributed by atoms with E-state index >= 15 is 0 Å². The average Bonchev–Trinajstić information content (AvgIpc) is 3.16. The van der Waals surface area contributed by atoms with Gasteiger partial charge in [0.1, 0.15) is 17.9 Å². The van der Waals surface area contributed by atoms with Gasteiger partial charge in [-0.1, -0.05) is 30.3 Å². The normalized spacial score (nSPS) is 10.8. The van der Waals surface area contributed by atoms with Crippen LogP contribution in [0.3, 0.4) is 0 Å².